The molecule has 0 aliphatic carbocycles. The standard InChI is InChI=1S/C20H23N5OS/c1-22(2)13-6-8-14(9-7-13)25-12-24(5)17-16-15(23(3)4)10-11-21-19(16)27-18(17)20(25)26/h6-11H,12H2,1-5H3. The number of carbonyl (C=O) groups is 1. The van der Waals surface area contributed by atoms with Gasteiger partial charge in [-0.25, -0.2) is 4.98 Å². The van der Waals surface area contributed by atoms with E-state index in [0.29, 0.717) is 6.67 Å². The Kier molecular flexibility index (Phi) is 4.19. The zero-order valence-corrected chi connectivity index (χ0v) is 17.0. The summed E-state index contributed by atoms with van der Waals surface area (Å²) in [6.07, 6.45) is 1.81. The lowest BCUT2D eigenvalue weighted by Gasteiger charge is -2.34. The Hall–Kier alpha value is -2.80. The molecule has 3 heterocycles. The molecule has 6 nitrogen and oxygen atoms in total. The monoisotopic (exact) mass is 381 g/mol. The summed E-state index contributed by atoms with van der Waals surface area (Å²) in [5.74, 6) is 0.0356. The highest BCUT2D eigenvalue weighted by atomic mass is 32.1. The van der Waals surface area contributed by atoms with Gasteiger partial charge in [-0.3, -0.25) is 9.69 Å². The summed E-state index contributed by atoms with van der Waals surface area (Å²) in [5, 5.41) is 1.06. The minimum absolute atomic E-state index is 0.0356. The van der Waals surface area contributed by atoms with Crippen molar-refractivity contribution in [2.24, 2.45) is 0 Å². The van der Waals surface area contributed by atoms with E-state index in [-0.39, 0.29) is 5.91 Å². The Morgan fingerprint density at radius 1 is 1.04 bits per heavy atom. The third-order valence-corrected chi connectivity index (χ3v) is 5.95. The first-order valence-electron chi connectivity index (χ1n) is 8.77. The van der Waals surface area contributed by atoms with Crippen LogP contribution in [0.1, 0.15) is 9.67 Å². The van der Waals surface area contributed by atoms with Crippen LogP contribution in [0.5, 0.6) is 0 Å². The van der Waals surface area contributed by atoms with Gasteiger partial charge in [-0.2, -0.15) is 0 Å². The van der Waals surface area contributed by atoms with Crippen LogP contribution in [-0.4, -0.2) is 52.8 Å². The van der Waals surface area contributed by atoms with Gasteiger partial charge in [-0.05, 0) is 30.3 Å². The van der Waals surface area contributed by atoms with E-state index >= 15 is 0 Å². The van der Waals surface area contributed by atoms with Crippen molar-refractivity contribution >= 4 is 50.2 Å². The first kappa shape index (κ1) is 17.6. The van der Waals surface area contributed by atoms with Crippen LogP contribution in [0.4, 0.5) is 22.7 Å². The smallest absolute Gasteiger partial charge is 0.272 e. The lowest BCUT2D eigenvalue weighted by molar-refractivity contribution is 0.0987. The van der Waals surface area contributed by atoms with Crippen LogP contribution in [0.15, 0.2) is 36.5 Å². The number of hydrogen-bond acceptors (Lipinski definition) is 6. The number of thiophene rings is 1. The van der Waals surface area contributed by atoms with Crippen LogP contribution >= 0.6 is 11.3 Å². The quantitative estimate of drug-likeness (QED) is 0.695. The molecule has 3 aromatic rings. The second-order valence-electron chi connectivity index (χ2n) is 7.17. The minimum atomic E-state index is 0.0356. The summed E-state index contributed by atoms with van der Waals surface area (Å²) in [4.78, 5) is 27.5. The normalized spacial score (nSPS) is 13.9. The van der Waals surface area contributed by atoms with Crippen molar-refractivity contribution in [2.75, 3.05) is 61.5 Å². The highest BCUT2D eigenvalue weighted by Gasteiger charge is 2.33. The van der Waals surface area contributed by atoms with Gasteiger partial charge in [0, 0.05) is 52.8 Å². The fraction of sp³-hybridized carbons (Fsp3) is 0.300. The molecule has 2 aromatic heterocycles. The molecule has 0 N–H and O–H groups in total. The second-order valence-corrected chi connectivity index (χ2v) is 8.17. The third-order valence-electron chi connectivity index (χ3n) is 4.88. The highest BCUT2D eigenvalue weighted by molar-refractivity contribution is 7.21. The number of carbonyl (C=O) groups excluding carboxylic acids is 1. The van der Waals surface area contributed by atoms with Crippen LogP contribution in [-0.2, 0) is 0 Å². The van der Waals surface area contributed by atoms with Crippen molar-refractivity contribution in [3.05, 3.63) is 41.4 Å². The Morgan fingerprint density at radius 3 is 2.37 bits per heavy atom. The molecular weight excluding hydrogens is 358 g/mol. The number of rotatable bonds is 3. The predicted molar refractivity (Wildman–Crippen MR) is 115 cm³/mol. The minimum Gasteiger partial charge on any atom is -0.378 e. The third kappa shape index (κ3) is 2.78. The molecule has 1 amide bonds. The van der Waals surface area contributed by atoms with Crippen molar-refractivity contribution < 1.29 is 4.79 Å². The summed E-state index contributed by atoms with van der Waals surface area (Å²) in [5.41, 5.74) is 4.08. The van der Waals surface area contributed by atoms with Gasteiger partial charge >= 0.3 is 0 Å². The highest BCUT2D eigenvalue weighted by Crippen LogP contribution is 2.44. The van der Waals surface area contributed by atoms with Crippen molar-refractivity contribution in [2.45, 2.75) is 0 Å². The molecule has 7 heteroatoms. The van der Waals surface area contributed by atoms with Crippen LogP contribution < -0.4 is 19.6 Å². The summed E-state index contributed by atoms with van der Waals surface area (Å²) >= 11 is 1.47. The number of pyridine rings is 1. The van der Waals surface area contributed by atoms with Gasteiger partial charge in [0.25, 0.3) is 5.91 Å². The first-order chi connectivity index (χ1) is 12.9. The maximum absolute atomic E-state index is 13.3. The lowest BCUT2D eigenvalue weighted by Crippen LogP contribution is -2.44. The maximum Gasteiger partial charge on any atom is 0.272 e. The van der Waals surface area contributed by atoms with E-state index in [0.717, 1.165) is 37.8 Å². The molecule has 0 radical (unpaired) electrons. The number of anilines is 4. The average molecular weight is 382 g/mol. The molecule has 4 rings (SSSR count). The van der Waals surface area contributed by atoms with Gasteiger partial charge in [-0.1, -0.05) is 0 Å². The Bertz CT molecular complexity index is 1010. The number of nitrogens with zero attached hydrogens (tertiary/aromatic N) is 5. The van der Waals surface area contributed by atoms with E-state index in [4.69, 9.17) is 0 Å². The molecule has 0 saturated carbocycles. The molecule has 140 valence electrons. The number of fused-ring (bicyclic) bond motifs is 3. The number of hydrogen-bond donors (Lipinski definition) is 0. The number of aromatic nitrogens is 1. The molecule has 0 fully saturated rings. The number of amides is 1. The fourth-order valence-electron chi connectivity index (χ4n) is 3.47. The van der Waals surface area contributed by atoms with Gasteiger partial charge in [0.2, 0.25) is 0 Å². The zero-order valence-electron chi connectivity index (χ0n) is 16.2. The lowest BCUT2D eigenvalue weighted by atomic mass is 10.1. The van der Waals surface area contributed by atoms with Gasteiger partial charge in [0.1, 0.15) is 9.71 Å². The molecule has 0 saturated heterocycles. The molecule has 1 aromatic carbocycles. The Balaban J connectivity index is 1.80. The fourth-order valence-corrected chi connectivity index (χ4v) is 4.63. The number of benzene rings is 1. The molecule has 0 spiro atoms. The molecule has 0 bridgehead atoms. The van der Waals surface area contributed by atoms with Gasteiger partial charge < -0.3 is 14.7 Å². The van der Waals surface area contributed by atoms with Crippen molar-refractivity contribution in [3.8, 4) is 0 Å². The zero-order chi connectivity index (χ0) is 19.3. The van der Waals surface area contributed by atoms with Gasteiger partial charge in [-0.15, -0.1) is 11.3 Å². The summed E-state index contributed by atoms with van der Waals surface area (Å²) in [6.45, 7) is 0.515. The van der Waals surface area contributed by atoms with Gasteiger partial charge in [0.15, 0.2) is 0 Å². The van der Waals surface area contributed by atoms with E-state index in [2.05, 4.69) is 14.8 Å². The molecular formula is C20H23N5OS. The Morgan fingerprint density at radius 2 is 1.74 bits per heavy atom. The van der Waals surface area contributed by atoms with E-state index in [1.54, 1.807) is 0 Å². The SMILES string of the molecule is CN(C)c1ccc(N2CN(C)c3c(sc4nccc(N(C)C)c34)C2=O)cc1. The Labute approximate surface area is 163 Å². The topological polar surface area (TPSA) is 42.9 Å². The van der Waals surface area contributed by atoms with Crippen molar-refractivity contribution in [1.82, 2.24) is 4.98 Å². The van der Waals surface area contributed by atoms with E-state index in [1.165, 1.54) is 11.3 Å². The first-order valence-corrected chi connectivity index (χ1v) is 9.59. The van der Waals surface area contributed by atoms with Crippen LogP contribution in [0.2, 0.25) is 0 Å². The van der Waals surface area contributed by atoms with Crippen LogP contribution in [0.25, 0.3) is 10.2 Å². The maximum atomic E-state index is 13.3. The van der Waals surface area contributed by atoms with Crippen LogP contribution in [0, 0.1) is 0 Å². The second kappa shape index (κ2) is 6.42. The van der Waals surface area contributed by atoms with Gasteiger partial charge in [0.05, 0.1) is 23.4 Å². The summed E-state index contributed by atoms with van der Waals surface area (Å²) in [7, 11) is 10.1. The van der Waals surface area contributed by atoms with Crippen molar-refractivity contribution in [3.63, 3.8) is 0 Å². The molecule has 27 heavy (non-hydrogen) atoms. The predicted octanol–water partition coefficient (Wildman–Crippen LogP) is 3.48. The molecule has 0 atom stereocenters. The van der Waals surface area contributed by atoms with Crippen molar-refractivity contribution in [1.29, 1.82) is 0 Å². The largest absolute Gasteiger partial charge is 0.378 e. The summed E-state index contributed by atoms with van der Waals surface area (Å²) in [6, 6.07) is 10.1. The molecule has 0 unspecified atom stereocenters. The summed E-state index contributed by atoms with van der Waals surface area (Å²) < 4.78 is 0. The van der Waals surface area contributed by atoms with E-state index < -0.39 is 0 Å². The average Bonchev–Trinajstić information content (AvgIpc) is 3.05. The van der Waals surface area contributed by atoms with E-state index in [9.17, 15) is 4.79 Å². The molecule has 1 aliphatic heterocycles. The van der Waals surface area contributed by atoms with E-state index in [1.807, 2.05) is 81.6 Å². The van der Waals surface area contributed by atoms with Crippen LogP contribution in [0.3, 0.4) is 0 Å². The molecule has 1 aliphatic rings.